The van der Waals surface area contributed by atoms with Crippen molar-refractivity contribution >= 4 is 0 Å². The molecule has 1 aliphatic heterocycles. The molecule has 0 amide bonds. The Morgan fingerprint density at radius 2 is 2.29 bits per heavy atom. The average Bonchev–Trinajstić information content (AvgIpc) is 1.86. The van der Waals surface area contributed by atoms with Crippen LogP contribution in [-0.2, 0) is 4.74 Å². The molecule has 1 saturated heterocycles. The highest BCUT2D eigenvalue weighted by Crippen LogP contribution is 2.06. The molecular formula is C4H11NO2. The Morgan fingerprint density at radius 3 is 2.43 bits per heavy atom. The molecule has 1 heterocycles. The van der Waals surface area contributed by atoms with Crippen LogP contribution in [0.2, 0.25) is 0 Å². The third-order valence-corrected chi connectivity index (χ3v) is 0.906. The molecule has 0 aliphatic carbocycles. The minimum Gasteiger partial charge on any atom is -0.368 e. The Bertz CT molecular complexity index is 43.0. The van der Waals surface area contributed by atoms with Gasteiger partial charge in [0.05, 0.1) is 0 Å². The molecule has 7 heavy (non-hydrogen) atoms. The van der Waals surface area contributed by atoms with Gasteiger partial charge >= 0.3 is 0 Å². The minimum absolute atomic E-state index is 0. The van der Waals surface area contributed by atoms with Crippen molar-refractivity contribution in [1.29, 1.82) is 0 Å². The van der Waals surface area contributed by atoms with Gasteiger partial charge in [0.25, 0.3) is 0 Å². The Labute approximate surface area is 42.9 Å². The Hall–Kier alpha value is -0.120. The van der Waals surface area contributed by atoms with Gasteiger partial charge in [-0.15, -0.1) is 0 Å². The number of ether oxygens (including phenoxy) is 1. The van der Waals surface area contributed by atoms with E-state index in [9.17, 15) is 0 Å². The molecular weight excluding hydrogens is 94.0 g/mol. The predicted molar refractivity (Wildman–Crippen MR) is 26.2 cm³/mol. The number of hydrogen-bond acceptors (Lipinski definition) is 3. The van der Waals surface area contributed by atoms with Crippen molar-refractivity contribution in [2.24, 2.45) is 0 Å². The van der Waals surface area contributed by atoms with Crippen LogP contribution in [0.25, 0.3) is 0 Å². The van der Waals surface area contributed by atoms with Crippen molar-refractivity contribution in [1.82, 2.24) is 6.15 Å². The highest BCUT2D eigenvalue weighted by molar-refractivity contribution is 4.49. The quantitative estimate of drug-likeness (QED) is 0.465. The fourth-order valence-corrected chi connectivity index (χ4v) is 0.561. The largest absolute Gasteiger partial charge is 0.368 e. The van der Waals surface area contributed by atoms with Gasteiger partial charge in [0.2, 0.25) is 0 Å². The van der Waals surface area contributed by atoms with E-state index in [2.05, 4.69) is 0 Å². The lowest BCUT2D eigenvalue weighted by Crippen LogP contribution is -1.99. The van der Waals surface area contributed by atoms with E-state index in [-0.39, 0.29) is 6.15 Å². The zero-order valence-electron chi connectivity index (χ0n) is 4.26. The summed E-state index contributed by atoms with van der Waals surface area (Å²) < 4.78 is 4.71. The van der Waals surface area contributed by atoms with E-state index in [0.717, 1.165) is 19.4 Å². The predicted octanol–water partition coefficient (Wildman–Crippen LogP) is 0.277. The maximum absolute atomic E-state index is 8.51. The summed E-state index contributed by atoms with van der Waals surface area (Å²) in [5, 5.41) is 8.51. The molecule has 0 radical (unpaired) electrons. The van der Waals surface area contributed by atoms with Crippen molar-refractivity contribution in [3.05, 3.63) is 0 Å². The SMILES string of the molecule is N.OC1CCCO1. The lowest BCUT2D eigenvalue weighted by molar-refractivity contribution is -0.0589. The molecule has 0 spiro atoms. The summed E-state index contributed by atoms with van der Waals surface area (Å²) >= 11 is 0. The summed E-state index contributed by atoms with van der Waals surface area (Å²) in [6, 6.07) is 0. The number of rotatable bonds is 0. The monoisotopic (exact) mass is 105 g/mol. The lowest BCUT2D eigenvalue weighted by Gasteiger charge is -1.93. The van der Waals surface area contributed by atoms with Crippen molar-refractivity contribution in [2.75, 3.05) is 6.61 Å². The van der Waals surface area contributed by atoms with Gasteiger partial charge in [-0.1, -0.05) is 0 Å². The van der Waals surface area contributed by atoms with Crippen molar-refractivity contribution in [3.8, 4) is 0 Å². The van der Waals surface area contributed by atoms with Gasteiger partial charge in [0.15, 0.2) is 6.29 Å². The molecule has 1 aliphatic rings. The van der Waals surface area contributed by atoms with E-state index in [1.165, 1.54) is 0 Å². The third kappa shape index (κ3) is 1.87. The second-order valence-electron chi connectivity index (χ2n) is 1.47. The smallest absolute Gasteiger partial charge is 0.154 e. The molecule has 1 rings (SSSR count). The highest BCUT2D eigenvalue weighted by atomic mass is 16.6. The fourth-order valence-electron chi connectivity index (χ4n) is 0.561. The van der Waals surface area contributed by atoms with Gasteiger partial charge in [-0.25, -0.2) is 0 Å². The van der Waals surface area contributed by atoms with Gasteiger partial charge in [-0.05, 0) is 6.42 Å². The average molecular weight is 105 g/mol. The van der Waals surface area contributed by atoms with E-state index in [1.54, 1.807) is 0 Å². The molecule has 1 fully saturated rings. The first kappa shape index (κ1) is 6.88. The Morgan fingerprint density at radius 1 is 1.57 bits per heavy atom. The van der Waals surface area contributed by atoms with Gasteiger partial charge in [-0.2, -0.15) is 0 Å². The maximum atomic E-state index is 8.51. The van der Waals surface area contributed by atoms with E-state index in [4.69, 9.17) is 9.84 Å². The highest BCUT2D eigenvalue weighted by Gasteiger charge is 2.09. The first-order valence-corrected chi connectivity index (χ1v) is 2.19. The van der Waals surface area contributed by atoms with Gasteiger partial charge < -0.3 is 16.0 Å². The molecule has 0 bridgehead atoms. The number of hydrogen-bond donors (Lipinski definition) is 2. The minimum atomic E-state index is -0.454. The van der Waals surface area contributed by atoms with Crippen molar-refractivity contribution in [2.45, 2.75) is 19.1 Å². The molecule has 0 aromatic rings. The maximum Gasteiger partial charge on any atom is 0.154 e. The van der Waals surface area contributed by atoms with Crippen LogP contribution in [0.5, 0.6) is 0 Å². The summed E-state index contributed by atoms with van der Waals surface area (Å²) in [4.78, 5) is 0. The normalized spacial score (nSPS) is 29.6. The molecule has 1 atom stereocenters. The van der Waals surface area contributed by atoms with Crippen LogP contribution >= 0.6 is 0 Å². The molecule has 3 heteroatoms. The zero-order chi connectivity index (χ0) is 4.41. The summed E-state index contributed by atoms with van der Waals surface area (Å²) in [6.45, 7) is 0.737. The van der Waals surface area contributed by atoms with E-state index < -0.39 is 6.29 Å². The molecule has 0 aromatic carbocycles. The summed E-state index contributed by atoms with van der Waals surface area (Å²) in [5.74, 6) is 0. The third-order valence-electron chi connectivity index (χ3n) is 0.906. The number of aliphatic hydroxyl groups excluding tert-OH is 1. The molecule has 4 N–H and O–H groups in total. The van der Waals surface area contributed by atoms with Gasteiger partial charge in [0.1, 0.15) is 0 Å². The second kappa shape index (κ2) is 2.96. The van der Waals surface area contributed by atoms with Crippen LogP contribution in [0.3, 0.4) is 0 Å². The van der Waals surface area contributed by atoms with Crippen LogP contribution < -0.4 is 6.15 Å². The fraction of sp³-hybridized carbons (Fsp3) is 1.00. The molecule has 44 valence electrons. The van der Waals surface area contributed by atoms with Crippen molar-refractivity contribution < 1.29 is 9.84 Å². The van der Waals surface area contributed by atoms with Crippen LogP contribution in [-0.4, -0.2) is 18.0 Å². The Kier molecular flexibility index (Phi) is 2.91. The molecule has 0 aromatic heterocycles. The topological polar surface area (TPSA) is 64.5 Å². The summed E-state index contributed by atoms with van der Waals surface area (Å²) in [5.41, 5.74) is 0. The molecule has 0 saturated carbocycles. The first-order chi connectivity index (χ1) is 2.89. The molecule has 1 unspecified atom stereocenters. The summed E-state index contributed by atoms with van der Waals surface area (Å²) in [7, 11) is 0. The Balaban J connectivity index is 0.000000360. The number of aliphatic hydroxyl groups is 1. The van der Waals surface area contributed by atoms with Crippen LogP contribution in [0, 0.1) is 0 Å². The van der Waals surface area contributed by atoms with Gasteiger partial charge in [-0.3, -0.25) is 0 Å². The van der Waals surface area contributed by atoms with Crippen LogP contribution in [0.4, 0.5) is 0 Å². The summed E-state index contributed by atoms with van der Waals surface area (Å²) in [6.07, 6.45) is 1.38. The first-order valence-electron chi connectivity index (χ1n) is 2.19. The van der Waals surface area contributed by atoms with Crippen LogP contribution in [0.15, 0.2) is 0 Å². The van der Waals surface area contributed by atoms with Gasteiger partial charge in [0, 0.05) is 13.0 Å². The molecule has 3 nitrogen and oxygen atoms in total. The van der Waals surface area contributed by atoms with E-state index in [1.807, 2.05) is 0 Å². The van der Waals surface area contributed by atoms with E-state index >= 15 is 0 Å². The lowest BCUT2D eigenvalue weighted by atomic mass is 10.4. The second-order valence-corrected chi connectivity index (χ2v) is 1.47. The zero-order valence-corrected chi connectivity index (χ0v) is 4.26. The van der Waals surface area contributed by atoms with Crippen LogP contribution in [0.1, 0.15) is 12.8 Å². The van der Waals surface area contributed by atoms with E-state index in [0.29, 0.717) is 0 Å². The van der Waals surface area contributed by atoms with Crippen molar-refractivity contribution in [3.63, 3.8) is 0 Å². The standard InChI is InChI=1S/C4H8O2.H3N/c5-4-2-1-3-6-4;/h4-5H,1-3H2;1H3.